The van der Waals surface area contributed by atoms with Crippen molar-refractivity contribution < 1.29 is 34.4 Å². The van der Waals surface area contributed by atoms with Crippen LogP contribution in [-0.2, 0) is 9.59 Å². The number of likely N-dealkylation sites (tertiary alicyclic amines) is 1. The van der Waals surface area contributed by atoms with E-state index in [1.54, 1.807) is 5.57 Å². The molecule has 3 heterocycles. The summed E-state index contributed by atoms with van der Waals surface area (Å²) in [5.41, 5.74) is 6.56. The number of phenols is 2. The largest absolute Gasteiger partial charge is 0.508 e. The number of carboxylic acid groups (broad SMARTS) is 2. The van der Waals surface area contributed by atoms with E-state index in [0.717, 1.165) is 11.6 Å². The second-order valence-corrected chi connectivity index (χ2v) is 12.1. The first kappa shape index (κ1) is 33.8. The van der Waals surface area contributed by atoms with Crippen molar-refractivity contribution in [2.45, 2.75) is 22.6 Å². The lowest BCUT2D eigenvalue weighted by atomic mass is 9.88. The first-order valence-corrected chi connectivity index (χ1v) is 15.9. The molecule has 0 radical (unpaired) electrons. The fourth-order valence-electron chi connectivity index (χ4n) is 5.45. The van der Waals surface area contributed by atoms with E-state index in [1.807, 2.05) is 42.1 Å². The summed E-state index contributed by atoms with van der Waals surface area (Å²) in [6, 6.07) is 30.6. The number of carboxylic acids is 2. The lowest BCUT2D eigenvalue weighted by Gasteiger charge is -2.30. The minimum atomic E-state index is -1.26. The van der Waals surface area contributed by atoms with Crippen molar-refractivity contribution in [3.63, 3.8) is 0 Å². The summed E-state index contributed by atoms with van der Waals surface area (Å²) in [6.07, 6.45) is 3.50. The lowest BCUT2D eigenvalue weighted by Crippen LogP contribution is -2.27. The second kappa shape index (κ2) is 15.3. The van der Waals surface area contributed by atoms with E-state index in [9.17, 15) is 24.6 Å². The molecule has 0 unspecified atom stereocenters. The Hall–Kier alpha value is -5.58. The van der Waals surface area contributed by atoms with Crippen LogP contribution in [0.1, 0.15) is 24.0 Å². The maximum Gasteiger partial charge on any atom is 0.328 e. The van der Waals surface area contributed by atoms with Crippen molar-refractivity contribution in [1.82, 2.24) is 4.90 Å². The number of nitrogens with zero attached hydrogens (tertiary/aromatic N) is 1. The van der Waals surface area contributed by atoms with Gasteiger partial charge in [-0.05, 0) is 48.7 Å². The molecule has 4 aromatic carbocycles. The summed E-state index contributed by atoms with van der Waals surface area (Å²) in [5.74, 6) is -2.57. The van der Waals surface area contributed by atoms with Gasteiger partial charge in [0.05, 0.1) is 0 Å². The maximum atomic E-state index is 12.0. The van der Waals surface area contributed by atoms with Crippen LogP contribution in [0.5, 0.6) is 11.5 Å². The van der Waals surface area contributed by atoms with E-state index in [-0.39, 0.29) is 27.9 Å². The second-order valence-electron chi connectivity index (χ2n) is 11.1. The third-order valence-electron chi connectivity index (χ3n) is 7.70. The van der Waals surface area contributed by atoms with E-state index in [0.29, 0.717) is 17.9 Å². The molecule has 1 fully saturated rings. The SMILES string of the molecule is CN1CCC(=C2c3ccccc3Sc3ccccc32)CC1.O=C(O)C=CC(=O)O.O=c1cc(-c2ccccc2)oc2cc(O)cc(O)c12. The molecule has 7 rings (SSSR count). The van der Waals surface area contributed by atoms with Crippen LogP contribution in [0.2, 0.25) is 0 Å². The predicted octanol–water partition coefficient (Wildman–Crippen LogP) is 7.26. The van der Waals surface area contributed by atoms with Gasteiger partial charge in [-0.15, -0.1) is 0 Å². The number of piperidine rings is 1. The molecule has 10 heteroatoms. The number of aromatic hydroxyl groups is 2. The number of hydrogen-bond acceptors (Lipinski definition) is 8. The van der Waals surface area contributed by atoms with E-state index in [2.05, 4.69) is 60.5 Å². The first-order valence-electron chi connectivity index (χ1n) is 15.1. The third kappa shape index (κ3) is 8.22. The Kier molecular flexibility index (Phi) is 10.8. The Morgan fingerprint density at radius 1 is 0.771 bits per heavy atom. The Bertz CT molecular complexity index is 2010. The minimum absolute atomic E-state index is 0.0671. The molecule has 1 aromatic heterocycles. The molecule has 0 aliphatic carbocycles. The Balaban J connectivity index is 0.000000155. The number of rotatable bonds is 3. The van der Waals surface area contributed by atoms with Gasteiger partial charge in [0.15, 0.2) is 5.43 Å². The van der Waals surface area contributed by atoms with Gasteiger partial charge in [0, 0.05) is 58.8 Å². The van der Waals surface area contributed by atoms with E-state index < -0.39 is 11.9 Å². The molecule has 9 nitrogen and oxygen atoms in total. The van der Waals surface area contributed by atoms with E-state index in [4.69, 9.17) is 14.6 Å². The molecule has 0 spiro atoms. The Morgan fingerprint density at radius 3 is 1.88 bits per heavy atom. The highest BCUT2D eigenvalue weighted by molar-refractivity contribution is 7.99. The van der Waals surface area contributed by atoms with Crippen LogP contribution in [-0.4, -0.2) is 57.4 Å². The number of benzene rings is 4. The third-order valence-corrected chi connectivity index (χ3v) is 8.85. The summed E-state index contributed by atoms with van der Waals surface area (Å²) in [7, 11) is 2.22. The van der Waals surface area contributed by atoms with Crippen LogP contribution in [0, 0.1) is 0 Å². The monoisotopic (exact) mass is 663 g/mol. The average Bonchev–Trinajstić information content (AvgIpc) is 3.07. The molecule has 48 heavy (non-hydrogen) atoms. The predicted molar refractivity (Wildman–Crippen MR) is 185 cm³/mol. The number of carbonyl (C=O) groups is 2. The van der Waals surface area contributed by atoms with Gasteiger partial charge in [-0.25, -0.2) is 9.59 Å². The van der Waals surface area contributed by atoms with E-state index in [1.165, 1.54) is 64.6 Å². The molecule has 5 aromatic rings. The molecule has 2 aliphatic heterocycles. The maximum absolute atomic E-state index is 12.0. The lowest BCUT2D eigenvalue weighted by molar-refractivity contribution is -0.134. The Labute approximate surface area is 280 Å². The molecular weight excluding hydrogens is 630 g/mol. The standard InChI is InChI=1S/C19H19NS.C15H10O4.C4H4O4/c1-20-12-10-14(11-13-20)19-15-6-2-4-8-17(15)21-18-9-5-3-7-16(18)19;16-10-6-11(17)15-12(18)8-13(19-14(15)7-10)9-4-2-1-3-5-9;5-3(6)1-2-4(7)8/h2-9H,10-13H2,1H3;1-8,16-17H;1-2H,(H,5,6)(H,7,8). The average molecular weight is 664 g/mol. The highest BCUT2D eigenvalue weighted by Gasteiger charge is 2.24. The zero-order chi connectivity index (χ0) is 34.2. The number of hydrogen-bond donors (Lipinski definition) is 4. The molecule has 4 N–H and O–H groups in total. The van der Waals surface area contributed by atoms with Crippen LogP contribution in [0.4, 0.5) is 0 Å². The smallest absolute Gasteiger partial charge is 0.328 e. The van der Waals surface area contributed by atoms with Crippen molar-refractivity contribution in [3.05, 3.63) is 136 Å². The minimum Gasteiger partial charge on any atom is -0.508 e. The molecule has 0 atom stereocenters. The van der Waals surface area contributed by atoms with Crippen molar-refractivity contribution in [2.24, 2.45) is 0 Å². The summed E-state index contributed by atoms with van der Waals surface area (Å²) in [4.78, 5) is 36.3. The number of phenolic OH excluding ortho intramolecular Hbond substituents is 2. The van der Waals surface area contributed by atoms with Gasteiger partial charge in [-0.1, -0.05) is 84.1 Å². The number of fused-ring (bicyclic) bond motifs is 3. The van der Waals surface area contributed by atoms with Crippen LogP contribution in [0.15, 0.2) is 134 Å². The van der Waals surface area contributed by atoms with Gasteiger partial charge >= 0.3 is 11.9 Å². The fraction of sp³-hybridized carbons (Fsp3) is 0.132. The number of aliphatic carboxylic acids is 2. The van der Waals surface area contributed by atoms with Gasteiger partial charge in [-0.2, -0.15) is 0 Å². The van der Waals surface area contributed by atoms with Crippen molar-refractivity contribution in [2.75, 3.05) is 20.1 Å². The van der Waals surface area contributed by atoms with E-state index >= 15 is 0 Å². The van der Waals surface area contributed by atoms with Crippen molar-refractivity contribution in [3.8, 4) is 22.8 Å². The molecule has 1 saturated heterocycles. The van der Waals surface area contributed by atoms with Crippen LogP contribution >= 0.6 is 11.8 Å². The molecule has 244 valence electrons. The highest BCUT2D eigenvalue weighted by Crippen LogP contribution is 2.47. The highest BCUT2D eigenvalue weighted by atomic mass is 32.2. The summed E-state index contributed by atoms with van der Waals surface area (Å²) in [5, 5.41) is 34.8. The molecular formula is C38H33NO8S. The zero-order valence-electron chi connectivity index (χ0n) is 26.0. The molecule has 2 aliphatic rings. The molecule has 0 bridgehead atoms. The van der Waals surface area contributed by atoms with Gasteiger partial charge in [0.2, 0.25) is 0 Å². The van der Waals surface area contributed by atoms with Crippen molar-refractivity contribution in [1.29, 1.82) is 0 Å². The summed E-state index contributed by atoms with van der Waals surface area (Å²) >= 11 is 1.91. The molecule has 0 amide bonds. The normalized spacial score (nSPS) is 13.9. The van der Waals surface area contributed by atoms with Gasteiger partial charge in [0.25, 0.3) is 0 Å². The first-order chi connectivity index (χ1) is 23.1. The zero-order valence-corrected chi connectivity index (χ0v) is 26.8. The van der Waals surface area contributed by atoms with Crippen LogP contribution in [0.25, 0.3) is 27.9 Å². The molecule has 0 saturated carbocycles. The fourth-order valence-corrected chi connectivity index (χ4v) is 6.54. The van der Waals surface area contributed by atoms with Gasteiger partial charge in [0.1, 0.15) is 28.2 Å². The van der Waals surface area contributed by atoms with Crippen LogP contribution in [0.3, 0.4) is 0 Å². The summed E-state index contributed by atoms with van der Waals surface area (Å²) in [6.45, 7) is 2.35. The van der Waals surface area contributed by atoms with Crippen LogP contribution < -0.4 is 5.43 Å². The Morgan fingerprint density at radius 2 is 1.31 bits per heavy atom. The summed E-state index contributed by atoms with van der Waals surface area (Å²) < 4.78 is 5.57. The topological polar surface area (TPSA) is 149 Å². The van der Waals surface area contributed by atoms with Crippen molar-refractivity contribution >= 4 is 40.2 Å². The quantitative estimate of drug-likeness (QED) is 0.143. The van der Waals surface area contributed by atoms with Gasteiger partial charge < -0.3 is 29.7 Å². The van der Waals surface area contributed by atoms with Gasteiger partial charge in [-0.3, -0.25) is 4.79 Å².